The van der Waals surface area contributed by atoms with Crippen LogP contribution in [0.15, 0.2) is 255 Å². The van der Waals surface area contributed by atoms with E-state index in [0.29, 0.717) is 0 Å². The van der Waals surface area contributed by atoms with Gasteiger partial charge in [0.2, 0.25) is 0 Å². The number of hydrogen-bond donors (Lipinski definition) is 0. The molecule has 0 bridgehead atoms. The van der Waals surface area contributed by atoms with E-state index in [1.165, 1.54) is 82.7 Å². The molecular weight excluding hydrogens is 752 g/mol. The van der Waals surface area contributed by atoms with Gasteiger partial charge in [-0.05, 0) is 109 Å². The molecule has 0 aromatic heterocycles. The SMILES string of the molecule is C(=C(c1ccccc1)c1ccccc1)c1ccc(P(c2ccc(C=C(c3ccccc3)c3ccccc3)cc2)c2ccc(C=C(c3ccccc3)c3ccccc3)cc2)cc1. The topological polar surface area (TPSA) is 0 Å². The van der Waals surface area contributed by atoms with Gasteiger partial charge >= 0.3 is 0 Å². The van der Waals surface area contributed by atoms with Crippen molar-refractivity contribution in [3.8, 4) is 0 Å². The van der Waals surface area contributed by atoms with Gasteiger partial charge in [0.25, 0.3) is 0 Å². The zero-order valence-corrected chi connectivity index (χ0v) is 34.8. The second-order valence-electron chi connectivity index (χ2n) is 15.0. The molecule has 290 valence electrons. The molecule has 0 atom stereocenters. The van der Waals surface area contributed by atoms with Crippen molar-refractivity contribution in [2.24, 2.45) is 0 Å². The van der Waals surface area contributed by atoms with Gasteiger partial charge in [-0.1, -0.05) is 255 Å². The number of benzene rings is 9. The molecule has 0 nitrogen and oxygen atoms in total. The lowest BCUT2D eigenvalue weighted by Gasteiger charge is -2.20. The predicted octanol–water partition coefficient (Wildman–Crippen LogP) is 14.2. The Bertz CT molecular complexity index is 2410. The molecule has 61 heavy (non-hydrogen) atoms. The third-order valence-corrected chi connectivity index (χ3v) is 13.3. The lowest BCUT2D eigenvalue weighted by atomic mass is 9.96. The molecule has 9 aromatic rings. The lowest BCUT2D eigenvalue weighted by molar-refractivity contribution is 1.55. The van der Waals surface area contributed by atoms with Gasteiger partial charge in [-0.15, -0.1) is 0 Å². The van der Waals surface area contributed by atoms with Gasteiger partial charge in [0, 0.05) is 0 Å². The standard InChI is InChI=1S/C60H45P/c1-7-19-49(20-8-1)58(50-21-9-2-10-22-50)43-46-31-37-55(38-32-46)61(56-39-33-47(34-40-56)44-59(51-23-11-3-12-24-51)52-25-13-4-14-26-52)57-41-35-48(36-42-57)45-60(53-27-15-5-16-28-53)54-29-17-6-18-30-54/h1-45H. The second kappa shape index (κ2) is 19.1. The summed E-state index contributed by atoms with van der Waals surface area (Å²) in [5.41, 5.74) is 14.4. The first kappa shape index (κ1) is 39.1. The summed E-state index contributed by atoms with van der Waals surface area (Å²) in [5, 5.41) is 3.93. The van der Waals surface area contributed by atoms with Gasteiger partial charge in [0.15, 0.2) is 0 Å². The molecule has 0 amide bonds. The van der Waals surface area contributed by atoms with Crippen LogP contribution in [0.5, 0.6) is 0 Å². The first-order chi connectivity index (χ1) is 30.2. The molecule has 0 aliphatic carbocycles. The molecule has 0 aliphatic heterocycles. The summed E-state index contributed by atoms with van der Waals surface area (Å²) >= 11 is 0. The van der Waals surface area contributed by atoms with Crippen molar-refractivity contribution in [3.05, 3.63) is 305 Å². The van der Waals surface area contributed by atoms with E-state index >= 15 is 0 Å². The molecule has 9 aromatic carbocycles. The van der Waals surface area contributed by atoms with Crippen molar-refractivity contribution in [1.82, 2.24) is 0 Å². The van der Waals surface area contributed by atoms with Gasteiger partial charge in [-0.25, -0.2) is 0 Å². The highest BCUT2D eigenvalue weighted by Crippen LogP contribution is 2.35. The van der Waals surface area contributed by atoms with Gasteiger partial charge in [-0.2, -0.15) is 0 Å². The minimum absolute atomic E-state index is 0.869. The van der Waals surface area contributed by atoms with E-state index in [9.17, 15) is 0 Å². The van der Waals surface area contributed by atoms with Gasteiger partial charge in [0.1, 0.15) is 0 Å². The highest BCUT2D eigenvalue weighted by atomic mass is 31.1. The molecule has 0 saturated heterocycles. The van der Waals surface area contributed by atoms with Crippen LogP contribution in [0, 0.1) is 0 Å². The van der Waals surface area contributed by atoms with E-state index in [1.807, 2.05) is 0 Å². The van der Waals surface area contributed by atoms with E-state index in [1.54, 1.807) is 0 Å². The molecule has 0 radical (unpaired) electrons. The maximum Gasteiger partial charge on any atom is -0.0105 e. The van der Waals surface area contributed by atoms with E-state index in [4.69, 9.17) is 0 Å². The normalized spacial score (nSPS) is 10.8. The fourth-order valence-corrected chi connectivity index (χ4v) is 10.0. The molecule has 0 unspecified atom stereocenters. The van der Waals surface area contributed by atoms with Crippen LogP contribution in [0.3, 0.4) is 0 Å². The summed E-state index contributed by atoms with van der Waals surface area (Å²) in [7, 11) is -0.869. The van der Waals surface area contributed by atoms with Crippen LogP contribution >= 0.6 is 7.92 Å². The Balaban J connectivity index is 1.10. The molecule has 0 heterocycles. The minimum Gasteiger partial charge on any atom is -0.0622 e. The molecule has 0 aliphatic rings. The number of rotatable bonds is 12. The monoisotopic (exact) mass is 796 g/mol. The van der Waals surface area contributed by atoms with E-state index in [-0.39, 0.29) is 0 Å². The largest absolute Gasteiger partial charge is 0.0622 e. The van der Waals surface area contributed by atoms with Crippen molar-refractivity contribution in [3.63, 3.8) is 0 Å². The summed E-state index contributed by atoms with van der Waals surface area (Å²) in [6.07, 6.45) is 6.94. The fourth-order valence-electron chi connectivity index (χ4n) is 7.81. The Labute approximate surface area is 362 Å². The molecule has 9 rings (SSSR count). The van der Waals surface area contributed by atoms with Gasteiger partial charge < -0.3 is 0 Å². The number of hydrogen-bond acceptors (Lipinski definition) is 0. The summed E-state index contributed by atoms with van der Waals surface area (Å²) in [5.74, 6) is 0. The van der Waals surface area contributed by atoms with Crippen LogP contribution in [-0.4, -0.2) is 0 Å². The Morgan fingerprint density at radius 3 is 0.574 bits per heavy atom. The quantitative estimate of drug-likeness (QED) is 0.0853. The lowest BCUT2D eigenvalue weighted by Crippen LogP contribution is -2.20. The molecule has 0 N–H and O–H groups in total. The molecular formula is C60H45P. The van der Waals surface area contributed by atoms with Crippen molar-refractivity contribution >= 4 is 58.8 Å². The summed E-state index contributed by atoms with van der Waals surface area (Å²) in [6, 6.07) is 91.7. The van der Waals surface area contributed by atoms with Crippen LogP contribution < -0.4 is 15.9 Å². The summed E-state index contributed by atoms with van der Waals surface area (Å²) in [4.78, 5) is 0. The van der Waals surface area contributed by atoms with Crippen LogP contribution in [0.2, 0.25) is 0 Å². The molecule has 0 spiro atoms. The first-order valence-electron chi connectivity index (χ1n) is 20.8. The van der Waals surface area contributed by atoms with E-state index in [0.717, 1.165) is 0 Å². The van der Waals surface area contributed by atoms with Crippen molar-refractivity contribution in [1.29, 1.82) is 0 Å². The zero-order valence-electron chi connectivity index (χ0n) is 33.9. The summed E-state index contributed by atoms with van der Waals surface area (Å²) in [6.45, 7) is 0. The Morgan fingerprint density at radius 1 is 0.213 bits per heavy atom. The van der Waals surface area contributed by atoms with Crippen LogP contribution in [0.25, 0.3) is 34.9 Å². The Morgan fingerprint density at radius 2 is 0.393 bits per heavy atom. The smallest absolute Gasteiger partial charge is 0.0105 e. The van der Waals surface area contributed by atoms with Crippen LogP contribution in [0.4, 0.5) is 0 Å². The van der Waals surface area contributed by atoms with Crippen molar-refractivity contribution < 1.29 is 0 Å². The molecule has 1 heteroatoms. The van der Waals surface area contributed by atoms with E-state index < -0.39 is 7.92 Å². The van der Waals surface area contributed by atoms with Gasteiger partial charge in [-0.3, -0.25) is 0 Å². The highest BCUT2D eigenvalue weighted by molar-refractivity contribution is 7.79. The first-order valence-corrected chi connectivity index (χ1v) is 22.2. The zero-order chi connectivity index (χ0) is 41.1. The average Bonchev–Trinajstić information content (AvgIpc) is 3.35. The van der Waals surface area contributed by atoms with Crippen LogP contribution in [-0.2, 0) is 0 Å². The maximum absolute atomic E-state index is 2.33. The van der Waals surface area contributed by atoms with E-state index in [2.05, 4.69) is 273 Å². The second-order valence-corrected chi connectivity index (χ2v) is 17.2. The van der Waals surface area contributed by atoms with Crippen molar-refractivity contribution in [2.75, 3.05) is 0 Å². The Kier molecular flexibility index (Phi) is 12.3. The van der Waals surface area contributed by atoms with Crippen molar-refractivity contribution in [2.45, 2.75) is 0 Å². The maximum atomic E-state index is 2.33. The van der Waals surface area contributed by atoms with Gasteiger partial charge in [0.05, 0.1) is 0 Å². The predicted molar refractivity (Wildman–Crippen MR) is 265 cm³/mol. The third-order valence-electron chi connectivity index (χ3n) is 10.9. The molecule has 0 saturated carbocycles. The Hall–Kier alpha value is -7.37. The average molecular weight is 797 g/mol. The highest BCUT2D eigenvalue weighted by Gasteiger charge is 2.18. The summed E-state index contributed by atoms with van der Waals surface area (Å²) < 4.78 is 0. The third kappa shape index (κ3) is 9.59. The minimum atomic E-state index is -0.869. The van der Waals surface area contributed by atoms with Crippen LogP contribution in [0.1, 0.15) is 50.1 Å². The fraction of sp³-hybridized carbons (Fsp3) is 0. The molecule has 0 fully saturated rings.